The third-order valence-corrected chi connectivity index (χ3v) is 4.74. The molecular weight excluding hydrogens is 298 g/mol. The first-order valence-corrected chi connectivity index (χ1v) is 9.57. The SMILES string of the molecule is CCCCOCCNCc1ccc(N2CCN(C(C)C)CC2)cc1. The molecule has 1 fully saturated rings. The van der Waals surface area contributed by atoms with E-state index in [1.54, 1.807) is 0 Å². The van der Waals surface area contributed by atoms with E-state index in [1.807, 2.05) is 0 Å². The Kier molecular flexibility index (Phi) is 8.57. The minimum absolute atomic E-state index is 0.659. The third kappa shape index (κ3) is 6.42. The minimum atomic E-state index is 0.659. The van der Waals surface area contributed by atoms with Crippen molar-refractivity contribution in [3.8, 4) is 0 Å². The number of hydrogen-bond acceptors (Lipinski definition) is 4. The average Bonchev–Trinajstić information content (AvgIpc) is 2.61. The predicted octanol–water partition coefficient (Wildman–Crippen LogP) is 3.12. The van der Waals surface area contributed by atoms with E-state index < -0.39 is 0 Å². The summed E-state index contributed by atoms with van der Waals surface area (Å²) in [5, 5.41) is 3.45. The Hall–Kier alpha value is -1.10. The molecule has 1 aliphatic heterocycles. The summed E-state index contributed by atoms with van der Waals surface area (Å²) >= 11 is 0. The number of nitrogens with zero attached hydrogens (tertiary/aromatic N) is 2. The maximum atomic E-state index is 5.56. The lowest BCUT2D eigenvalue weighted by Gasteiger charge is -2.38. The first kappa shape index (κ1) is 19.2. The summed E-state index contributed by atoms with van der Waals surface area (Å²) in [4.78, 5) is 5.05. The fourth-order valence-corrected chi connectivity index (χ4v) is 3.05. The summed E-state index contributed by atoms with van der Waals surface area (Å²) in [7, 11) is 0. The van der Waals surface area contributed by atoms with Crippen LogP contribution < -0.4 is 10.2 Å². The van der Waals surface area contributed by atoms with Crippen molar-refractivity contribution < 1.29 is 4.74 Å². The highest BCUT2D eigenvalue weighted by Crippen LogP contribution is 2.18. The Morgan fingerprint density at radius 1 is 1.04 bits per heavy atom. The zero-order valence-electron chi connectivity index (χ0n) is 15.8. The van der Waals surface area contributed by atoms with Crippen LogP contribution in [0.4, 0.5) is 5.69 Å². The van der Waals surface area contributed by atoms with Gasteiger partial charge in [-0.05, 0) is 38.0 Å². The maximum Gasteiger partial charge on any atom is 0.0591 e. The highest BCUT2D eigenvalue weighted by Gasteiger charge is 2.18. The molecule has 0 radical (unpaired) electrons. The van der Waals surface area contributed by atoms with Crippen molar-refractivity contribution in [1.29, 1.82) is 0 Å². The first-order valence-electron chi connectivity index (χ1n) is 9.57. The van der Waals surface area contributed by atoms with Gasteiger partial charge in [-0.2, -0.15) is 0 Å². The van der Waals surface area contributed by atoms with Crippen LogP contribution in [0.25, 0.3) is 0 Å². The molecule has 1 N–H and O–H groups in total. The molecule has 0 atom stereocenters. The molecule has 2 rings (SSSR count). The van der Waals surface area contributed by atoms with E-state index in [9.17, 15) is 0 Å². The number of piperazine rings is 1. The highest BCUT2D eigenvalue weighted by atomic mass is 16.5. The molecule has 0 bridgehead atoms. The molecule has 0 saturated carbocycles. The van der Waals surface area contributed by atoms with Crippen molar-refractivity contribution >= 4 is 5.69 Å². The van der Waals surface area contributed by atoms with Crippen LogP contribution in [0.1, 0.15) is 39.2 Å². The minimum Gasteiger partial charge on any atom is -0.380 e. The van der Waals surface area contributed by atoms with Crippen LogP contribution in [-0.2, 0) is 11.3 Å². The summed E-state index contributed by atoms with van der Waals surface area (Å²) in [6, 6.07) is 9.68. The summed E-state index contributed by atoms with van der Waals surface area (Å²) in [5.41, 5.74) is 2.69. The number of rotatable bonds is 10. The molecule has 1 aromatic carbocycles. The molecule has 0 aromatic heterocycles. The number of benzene rings is 1. The fourth-order valence-electron chi connectivity index (χ4n) is 3.05. The molecule has 4 nitrogen and oxygen atoms in total. The Bertz CT molecular complexity index is 439. The Balaban J connectivity index is 1.66. The van der Waals surface area contributed by atoms with Crippen LogP contribution in [0.2, 0.25) is 0 Å². The number of anilines is 1. The molecule has 4 heteroatoms. The summed E-state index contributed by atoms with van der Waals surface area (Å²) in [5.74, 6) is 0. The Morgan fingerprint density at radius 2 is 1.75 bits per heavy atom. The highest BCUT2D eigenvalue weighted by molar-refractivity contribution is 5.48. The second-order valence-electron chi connectivity index (χ2n) is 6.93. The van der Waals surface area contributed by atoms with E-state index >= 15 is 0 Å². The standard InChI is InChI=1S/C20H35N3O/c1-4-5-15-24-16-10-21-17-19-6-8-20(9-7-19)23-13-11-22(12-14-23)18(2)3/h6-9,18,21H,4-5,10-17H2,1-3H3. The lowest BCUT2D eigenvalue weighted by atomic mass is 10.1. The van der Waals surface area contributed by atoms with Crippen LogP contribution in [0, 0.1) is 0 Å². The third-order valence-electron chi connectivity index (χ3n) is 4.74. The molecule has 1 aromatic rings. The van der Waals surface area contributed by atoms with E-state index in [0.717, 1.165) is 45.8 Å². The molecule has 136 valence electrons. The number of nitrogens with one attached hydrogen (secondary N) is 1. The van der Waals surface area contributed by atoms with Crippen molar-refractivity contribution in [1.82, 2.24) is 10.2 Å². The van der Waals surface area contributed by atoms with Gasteiger partial charge in [-0.1, -0.05) is 25.5 Å². The van der Waals surface area contributed by atoms with Crippen molar-refractivity contribution in [2.75, 3.05) is 50.8 Å². The van der Waals surface area contributed by atoms with Crippen LogP contribution >= 0.6 is 0 Å². The normalized spacial score (nSPS) is 16.1. The van der Waals surface area contributed by atoms with Crippen molar-refractivity contribution in [3.63, 3.8) is 0 Å². The maximum absolute atomic E-state index is 5.56. The number of ether oxygens (including phenoxy) is 1. The number of unbranched alkanes of at least 4 members (excludes halogenated alkanes) is 1. The van der Waals surface area contributed by atoms with Crippen LogP contribution in [0.5, 0.6) is 0 Å². The largest absolute Gasteiger partial charge is 0.380 e. The van der Waals surface area contributed by atoms with Gasteiger partial charge in [0.1, 0.15) is 0 Å². The Morgan fingerprint density at radius 3 is 2.38 bits per heavy atom. The van der Waals surface area contributed by atoms with Crippen molar-refractivity contribution in [2.45, 2.75) is 46.2 Å². The van der Waals surface area contributed by atoms with Gasteiger partial charge in [0, 0.05) is 57.6 Å². The van der Waals surface area contributed by atoms with E-state index in [4.69, 9.17) is 4.74 Å². The zero-order chi connectivity index (χ0) is 17.2. The topological polar surface area (TPSA) is 27.7 Å². The zero-order valence-corrected chi connectivity index (χ0v) is 15.8. The summed E-state index contributed by atoms with van der Waals surface area (Å²) < 4.78 is 5.56. The Labute approximate surface area is 148 Å². The second kappa shape index (κ2) is 10.7. The predicted molar refractivity (Wildman–Crippen MR) is 103 cm³/mol. The van der Waals surface area contributed by atoms with Gasteiger partial charge in [0.25, 0.3) is 0 Å². The molecule has 24 heavy (non-hydrogen) atoms. The van der Waals surface area contributed by atoms with Crippen molar-refractivity contribution in [2.24, 2.45) is 0 Å². The van der Waals surface area contributed by atoms with Gasteiger partial charge >= 0.3 is 0 Å². The fraction of sp³-hybridized carbons (Fsp3) is 0.700. The van der Waals surface area contributed by atoms with Gasteiger partial charge < -0.3 is 15.0 Å². The smallest absolute Gasteiger partial charge is 0.0591 e. The quantitative estimate of drug-likeness (QED) is 0.666. The molecule has 0 amide bonds. The van der Waals surface area contributed by atoms with E-state index in [0.29, 0.717) is 6.04 Å². The van der Waals surface area contributed by atoms with Gasteiger partial charge in [0.05, 0.1) is 6.61 Å². The number of hydrogen-bond donors (Lipinski definition) is 1. The molecular formula is C20H35N3O. The van der Waals surface area contributed by atoms with Crippen LogP contribution in [-0.4, -0.2) is 56.9 Å². The lowest BCUT2D eigenvalue weighted by Crippen LogP contribution is -2.48. The average molecular weight is 334 g/mol. The van der Waals surface area contributed by atoms with Gasteiger partial charge in [0.2, 0.25) is 0 Å². The van der Waals surface area contributed by atoms with Gasteiger partial charge in [0.15, 0.2) is 0 Å². The molecule has 1 aliphatic rings. The van der Waals surface area contributed by atoms with Crippen molar-refractivity contribution in [3.05, 3.63) is 29.8 Å². The van der Waals surface area contributed by atoms with E-state index in [2.05, 4.69) is 60.2 Å². The second-order valence-corrected chi connectivity index (χ2v) is 6.93. The lowest BCUT2D eigenvalue weighted by molar-refractivity contribution is 0.133. The first-order chi connectivity index (χ1) is 11.7. The van der Waals surface area contributed by atoms with Crippen LogP contribution in [0.3, 0.4) is 0 Å². The molecule has 1 heterocycles. The summed E-state index contributed by atoms with van der Waals surface area (Å²) in [6.45, 7) is 14.9. The van der Waals surface area contributed by atoms with E-state index in [-0.39, 0.29) is 0 Å². The van der Waals surface area contributed by atoms with Gasteiger partial charge in [-0.25, -0.2) is 0 Å². The van der Waals surface area contributed by atoms with E-state index in [1.165, 1.54) is 30.8 Å². The monoisotopic (exact) mass is 333 g/mol. The molecule has 1 saturated heterocycles. The molecule has 0 unspecified atom stereocenters. The molecule has 0 spiro atoms. The van der Waals surface area contributed by atoms with Gasteiger partial charge in [-0.3, -0.25) is 4.90 Å². The molecule has 0 aliphatic carbocycles. The van der Waals surface area contributed by atoms with Crippen LogP contribution in [0.15, 0.2) is 24.3 Å². The van der Waals surface area contributed by atoms with Gasteiger partial charge in [-0.15, -0.1) is 0 Å². The summed E-state index contributed by atoms with van der Waals surface area (Å²) in [6.07, 6.45) is 2.36.